The first-order chi connectivity index (χ1) is 8.85. The Bertz CT molecular complexity index is 326. The van der Waals surface area contributed by atoms with Gasteiger partial charge in [-0.05, 0) is 38.2 Å². The van der Waals surface area contributed by atoms with Gasteiger partial charge in [-0.3, -0.25) is 0 Å². The Kier molecular flexibility index (Phi) is 5.93. The highest BCUT2D eigenvalue weighted by atomic mass is 32.2. The lowest BCUT2D eigenvalue weighted by Gasteiger charge is -2.36. The number of urea groups is 1. The van der Waals surface area contributed by atoms with Crippen molar-refractivity contribution >= 4 is 23.8 Å². The molecule has 0 aromatic heterocycles. The summed E-state index contributed by atoms with van der Waals surface area (Å²) >= 11 is 1.55. The number of carbonyl (C=O) groups is 2. The molecule has 1 atom stereocenters. The molecular formula is C12H22N2O4S. The van der Waals surface area contributed by atoms with Crippen LogP contribution in [-0.4, -0.2) is 63.9 Å². The number of carboxylic acids is 1. The van der Waals surface area contributed by atoms with E-state index in [0.29, 0.717) is 38.1 Å². The highest BCUT2D eigenvalue weighted by Gasteiger charge is 2.31. The molecule has 3 N–H and O–H groups in total. The highest BCUT2D eigenvalue weighted by molar-refractivity contribution is 7.98. The second kappa shape index (κ2) is 7.00. The lowest BCUT2D eigenvalue weighted by Crippen LogP contribution is -2.52. The van der Waals surface area contributed by atoms with Crippen LogP contribution in [0.4, 0.5) is 4.79 Å². The number of piperidine rings is 1. The van der Waals surface area contributed by atoms with E-state index in [1.807, 2.05) is 6.26 Å². The van der Waals surface area contributed by atoms with E-state index < -0.39 is 17.6 Å². The minimum atomic E-state index is -1.01. The van der Waals surface area contributed by atoms with Crippen molar-refractivity contribution < 1.29 is 19.8 Å². The summed E-state index contributed by atoms with van der Waals surface area (Å²) in [5, 5.41) is 21.4. The van der Waals surface area contributed by atoms with Gasteiger partial charge in [0, 0.05) is 13.1 Å². The number of likely N-dealkylation sites (tertiary alicyclic amines) is 1. The number of thioether (sulfide) groups is 1. The number of rotatable bonds is 5. The number of nitrogens with one attached hydrogen (secondary N) is 1. The minimum absolute atomic E-state index is 0.357. The number of carbonyl (C=O) groups excluding carboxylic acids is 1. The number of carboxylic acid groups (broad SMARTS) is 1. The van der Waals surface area contributed by atoms with E-state index in [1.54, 1.807) is 23.6 Å². The lowest BCUT2D eigenvalue weighted by molar-refractivity contribution is -0.139. The van der Waals surface area contributed by atoms with Crippen molar-refractivity contribution in [1.82, 2.24) is 10.2 Å². The first kappa shape index (κ1) is 16.1. The van der Waals surface area contributed by atoms with Crippen LogP contribution in [-0.2, 0) is 4.79 Å². The molecule has 0 bridgehead atoms. The summed E-state index contributed by atoms with van der Waals surface area (Å²) in [6, 6.07) is -1.20. The smallest absolute Gasteiger partial charge is 0.326 e. The molecule has 1 rings (SSSR count). The summed E-state index contributed by atoms with van der Waals surface area (Å²) in [7, 11) is 0. The summed E-state index contributed by atoms with van der Waals surface area (Å²) in [5.74, 6) is -0.321. The first-order valence-electron chi connectivity index (χ1n) is 6.35. The van der Waals surface area contributed by atoms with Crippen LogP contribution in [0.25, 0.3) is 0 Å². The maximum Gasteiger partial charge on any atom is 0.326 e. The Morgan fingerprint density at radius 1 is 1.42 bits per heavy atom. The molecule has 19 heavy (non-hydrogen) atoms. The molecule has 0 aromatic rings. The van der Waals surface area contributed by atoms with Crippen molar-refractivity contribution in [2.24, 2.45) is 0 Å². The largest absolute Gasteiger partial charge is 0.480 e. The maximum atomic E-state index is 12.0. The fourth-order valence-electron chi connectivity index (χ4n) is 1.92. The molecule has 0 unspecified atom stereocenters. The van der Waals surface area contributed by atoms with Gasteiger partial charge in [0.2, 0.25) is 0 Å². The molecule has 1 aliphatic heterocycles. The van der Waals surface area contributed by atoms with E-state index in [-0.39, 0.29) is 6.03 Å². The second-order valence-electron chi connectivity index (χ2n) is 5.11. The Balaban J connectivity index is 2.46. The summed E-state index contributed by atoms with van der Waals surface area (Å²) in [6.45, 7) is 2.65. The zero-order chi connectivity index (χ0) is 14.5. The van der Waals surface area contributed by atoms with Gasteiger partial charge in [0.05, 0.1) is 5.60 Å². The van der Waals surface area contributed by atoms with Crippen LogP contribution < -0.4 is 5.32 Å². The summed E-state index contributed by atoms with van der Waals surface area (Å²) in [4.78, 5) is 24.6. The van der Waals surface area contributed by atoms with Gasteiger partial charge in [-0.1, -0.05) is 0 Å². The van der Waals surface area contributed by atoms with Gasteiger partial charge in [0.1, 0.15) is 6.04 Å². The summed E-state index contributed by atoms with van der Waals surface area (Å²) in [6.07, 6.45) is 3.34. The van der Waals surface area contributed by atoms with Crippen LogP contribution in [0, 0.1) is 0 Å². The van der Waals surface area contributed by atoms with Crippen molar-refractivity contribution in [2.45, 2.75) is 37.8 Å². The number of hydrogen-bond donors (Lipinski definition) is 3. The molecule has 0 radical (unpaired) electrons. The first-order valence-corrected chi connectivity index (χ1v) is 7.74. The Hall–Kier alpha value is -0.950. The predicted octanol–water partition coefficient (Wildman–Crippen LogP) is 0.749. The van der Waals surface area contributed by atoms with Crippen molar-refractivity contribution in [3.63, 3.8) is 0 Å². The fraction of sp³-hybridized carbons (Fsp3) is 0.833. The van der Waals surface area contributed by atoms with Crippen molar-refractivity contribution in [2.75, 3.05) is 25.1 Å². The molecule has 110 valence electrons. The maximum absolute atomic E-state index is 12.0. The van der Waals surface area contributed by atoms with E-state index in [9.17, 15) is 14.7 Å². The minimum Gasteiger partial charge on any atom is -0.480 e. The Labute approximate surface area is 117 Å². The summed E-state index contributed by atoms with van der Waals surface area (Å²) < 4.78 is 0. The topological polar surface area (TPSA) is 89.9 Å². The van der Waals surface area contributed by atoms with E-state index >= 15 is 0 Å². The molecule has 1 saturated heterocycles. The second-order valence-corrected chi connectivity index (χ2v) is 6.09. The average Bonchev–Trinajstić information content (AvgIpc) is 2.33. The molecule has 7 heteroatoms. The van der Waals surface area contributed by atoms with Gasteiger partial charge < -0.3 is 20.4 Å². The molecule has 1 fully saturated rings. The lowest BCUT2D eigenvalue weighted by atomic mass is 9.94. The standard InChI is InChI=1S/C12H22N2O4S/c1-12(18)4-6-14(7-5-12)11(17)13-9(10(15)16)3-8-19-2/h9,18H,3-8H2,1-2H3,(H,13,17)(H,15,16)/t9-/m0/s1. The zero-order valence-electron chi connectivity index (χ0n) is 11.4. The van der Waals surface area contributed by atoms with Gasteiger partial charge in [-0.2, -0.15) is 11.8 Å². The Morgan fingerprint density at radius 3 is 2.47 bits per heavy atom. The number of aliphatic carboxylic acids is 1. The average molecular weight is 290 g/mol. The predicted molar refractivity (Wildman–Crippen MR) is 74.4 cm³/mol. The van der Waals surface area contributed by atoms with E-state index in [0.717, 1.165) is 0 Å². The molecule has 2 amide bonds. The molecule has 6 nitrogen and oxygen atoms in total. The molecule has 0 spiro atoms. The fourth-order valence-corrected chi connectivity index (χ4v) is 2.40. The third kappa shape index (κ3) is 5.28. The van der Waals surface area contributed by atoms with Crippen LogP contribution in [0.1, 0.15) is 26.2 Å². The molecular weight excluding hydrogens is 268 g/mol. The van der Waals surface area contributed by atoms with Crippen molar-refractivity contribution in [3.05, 3.63) is 0 Å². The van der Waals surface area contributed by atoms with E-state index in [4.69, 9.17) is 5.11 Å². The number of nitrogens with zero attached hydrogens (tertiary/aromatic N) is 1. The van der Waals surface area contributed by atoms with Crippen molar-refractivity contribution in [1.29, 1.82) is 0 Å². The monoisotopic (exact) mass is 290 g/mol. The van der Waals surface area contributed by atoms with Crippen LogP contribution >= 0.6 is 11.8 Å². The molecule has 0 aliphatic carbocycles. The molecule has 0 saturated carbocycles. The van der Waals surface area contributed by atoms with Crippen LogP contribution in [0.5, 0.6) is 0 Å². The normalized spacial score (nSPS) is 19.8. The third-order valence-electron chi connectivity index (χ3n) is 3.33. The number of amides is 2. The number of hydrogen-bond acceptors (Lipinski definition) is 4. The number of aliphatic hydroxyl groups is 1. The quantitative estimate of drug-likeness (QED) is 0.695. The van der Waals surface area contributed by atoms with Crippen LogP contribution in [0.15, 0.2) is 0 Å². The summed E-state index contributed by atoms with van der Waals surface area (Å²) in [5.41, 5.74) is -0.720. The van der Waals surface area contributed by atoms with Gasteiger partial charge in [0.25, 0.3) is 0 Å². The van der Waals surface area contributed by atoms with Crippen LogP contribution in [0.3, 0.4) is 0 Å². The van der Waals surface area contributed by atoms with Gasteiger partial charge in [-0.15, -0.1) is 0 Å². The molecule has 1 heterocycles. The zero-order valence-corrected chi connectivity index (χ0v) is 12.2. The van der Waals surface area contributed by atoms with Gasteiger partial charge in [-0.25, -0.2) is 9.59 Å². The van der Waals surface area contributed by atoms with E-state index in [1.165, 1.54) is 0 Å². The molecule has 1 aliphatic rings. The highest BCUT2D eigenvalue weighted by Crippen LogP contribution is 2.21. The van der Waals surface area contributed by atoms with Gasteiger partial charge >= 0.3 is 12.0 Å². The van der Waals surface area contributed by atoms with Crippen molar-refractivity contribution in [3.8, 4) is 0 Å². The van der Waals surface area contributed by atoms with E-state index in [2.05, 4.69) is 5.32 Å². The van der Waals surface area contributed by atoms with Gasteiger partial charge in [0.15, 0.2) is 0 Å². The third-order valence-corrected chi connectivity index (χ3v) is 3.98. The van der Waals surface area contributed by atoms with Crippen LogP contribution in [0.2, 0.25) is 0 Å². The molecule has 0 aromatic carbocycles. The SMILES string of the molecule is CSCC[C@H](NC(=O)N1CCC(C)(O)CC1)C(=O)O. The Morgan fingerprint density at radius 2 is 2.00 bits per heavy atom.